The van der Waals surface area contributed by atoms with E-state index in [1.54, 1.807) is 6.20 Å². The fourth-order valence-electron chi connectivity index (χ4n) is 3.80. The van der Waals surface area contributed by atoms with Crippen LogP contribution in [0.25, 0.3) is 0 Å². The summed E-state index contributed by atoms with van der Waals surface area (Å²) in [5.74, 6) is 1.16. The zero-order valence-electron chi connectivity index (χ0n) is 13.0. The standard InChI is InChI=1S/C15H23N3O3/c1-8-7-17-12(21-8)9(2)18-13(19)15(16)10-5-6-20-11(10)14(15,3)4/h7,9-11H,5-6,16H2,1-4H3,(H,18,19). The number of hydrogen-bond donors (Lipinski definition) is 2. The molecular weight excluding hydrogens is 270 g/mol. The average Bonchev–Trinajstić information content (AvgIpc) is 3.05. The number of fused-ring (bicyclic) bond motifs is 1. The van der Waals surface area contributed by atoms with Crippen LogP contribution in [0.4, 0.5) is 0 Å². The Morgan fingerprint density at radius 1 is 1.57 bits per heavy atom. The Balaban J connectivity index is 1.76. The number of nitrogens with zero attached hydrogens (tertiary/aromatic N) is 1. The van der Waals surface area contributed by atoms with Gasteiger partial charge in [-0.2, -0.15) is 0 Å². The van der Waals surface area contributed by atoms with Gasteiger partial charge in [0.1, 0.15) is 17.3 Å². The van der Waals surface area contributed by atoms with Crippen molar-refractivity contribution in [3.05, 3.63) is 17.8 Å². The SMILES string of the molecule is Cc1cnc(C(C)NC(=O)C2(N)C3CCOC3C2(C)C)o1. The molecule has 1 amide bonds. The summed E-state index contributed by atoms with van der Waals surface area (Å²) in [4.78, 5) is 16.9. The molecule has 6 nitrogen and oxygen atoms in total. The number of nitrogens with two attached hydrogens (primary N) is 1. The molecule has 3 rings (SSSR count). The minimum atomic E-state index is -0.899. The first-order valence-corrected chi connectivity index (χ1v) is 7.42. The molecule has 4 atom stereocenters. The van der Waals surface area contributed by atoms with E-state index in [0.29, 0.717) is 12.5 Å². The van der Waals surface area contributed by atoms with Gasteiger partial charge in [0.25, 0.3) is 0 Å². The van der Waals surface area contributed by atoms with E-state index >= 15 is 0 Å². The van der Waals surface area contributed by atoms with Crippen molar-refractivity contribution in [1.29, 1.82) is 0 Å². The summed E-state index contributed by atoms with van der Waals surface area (Å²) in [5, 5.41) is 2.94. The van der Waals surface area contributed by atoms with Crippen molar-refractivity contribution in [2.24, 2.45) is 17.1 Å². The third-order valence-corrected chi connectivity index (χ3v) is 5.19. The summed E-state index contributed by atoms with van der Waals surface area (Å²) in [6.45, 7) is 8.35. The molecule has 2 aliphatic rings. The van der Waals surface area contributed by atoms with Crippen molar-refractivity contribution in [2.45, 2.75) is 51.8 Å². The van der Waals surface area contributed by atoms with Crippen molar-refractivity contribution < 1.29 is 13.9 Å². The maximum absolute atomic E-state index is 12.7. The lowest BCUT2D eigenvalue weighted by Crippen LogP contribution is -2.80. The Hall–Kier alpha value is -1.40. The Morgan fingerprint density at radius 3 is 2.90 bits per heavy atom. The number of hydrogen-bond acceptors (Lipinski definition) is 5. The van der Waals surface area contributed by atoms with Gasteiger partial charge in [0.2, 0.25) is 11.8 Å². The fraction of sp³-hybridized carbons (Fsp3) is 0.733. The summed E-state index contributed by atoms with van der Waals surface area (Å²) >= 11 is 0. The molecule has 1 aromatic rings. The van der Waals surface area contributed by atoms with E-state index in [2.05, 4.69) is 10.3 Å². The van der Waals surface area contributed by atoms with Gasteiger partial charge in [-0.1, -0.05) is 13.8 Å². The third-order valence-electron chi connectivity index (χ3n) is 5.19. The van der Waals surface area contributed by atoms with Crippen molar-refractivity contribution in [1.82, 2.24) is 10.3 Å². The van der Waals surface area contributed by atoms with Crippen LogP contribution < -0.4 is 11.1 Å². The smallest absolute Gasteiger partial charge is 0.241 e. The number of oxazole rings is 1. The first kappa shape index (κ1) is 14.5. The van der Waals surface area contributed by atoms with Crippen LogP contribution in [0.2, 0.25) is 0 Å². The molecule has 1 saturated carbocycles. The molecule has 0 spiro atoms. The van der Waals surface area contributed by atoms with Crippen LogP contribution in [0.3, 0.4) is 0 Å². The third kappa shape index (κ3) is 1.85. The summed E-state index contributed by atoms with van der Waals surface area (Å²) in [7, 11) is 0. The van der Waals surface area contributed by atoms with E-state index in [1.807, 2.05) is 27.7 Å². The molecule has 116 valence electrons. The van der Waals surface area contributed by atoms with Crippen molar-refractivity contribution in [3.8, 4) is 0 Å². The van der Waals surface area contributed by atoms with Gasteiger partial charge < -0.3 is 20.2 Å². The zero-order chi connectivity index (χ0) is 15.4. The zero-order valence-corrected chi connectivity index (χ0v) is 13.0. The Kier molecular flexibility index (Phi) is 3.15. The molecule has 1 saturated heterocycles. The molecule has 21 heavy (non-hydrogen) atoms. The van der Waals surface area contributed by atoms with Gasteiger partial charge >= 0.3 is 0 Å². The molecule has 1 aliphatic carbocycles. The molecule has 1 aliphatic heterocycles. The Labute approximate surface area is 124 Å². The summed E-state index contributed by atoms with van der Waals surface area (Å²) in [6.07, 6.45) is 2.56. The lowest BCUT2D eigenvalue weighted by Gasteiger charge is -2.60. The monoisotopic (exact) mass is 293 g/mol. The maximum Gasteiger partial charge on any atom is 0.241 e. The molecule has 1 aromatic heterocycles. The fourth-order valence-corrected chi connectivity index (χ4v) is 3.80. The van der Waals surface area contributed by atoms with Crippen LogP contribution in [0.1, 0.15) is 44.9 Å². The lowest BCUT2D eigenvalue weighted by molar-refractivity contribution is -0.176. The molecule has 4 unspecified atom stereocenters. The second kappa shape index (κ2) is 4.55. The normalized spacial score (nSPS) is 34.9. The molecular formula is C15H23N3O3. The van der Waals surface area contributed by atoms with E-state index in [4.69, 9.17) is 14.9 Å². The van der Waals surface area contributed by atoms with Crippen molar-refractivity contribution >= 4 is 5.91 Å². The number of rotatable bonds is 3. The molecule has 0 radical (unpaired) electrons. The first-order valence-electron chi connectivity index (χ1n) is 7.42. The average molecular weight is 293 g/mol. The number of nitrogens with one attached hydrogen (secondary N) is 1. The van der Waals surface area contributed by atoms with E-state index in [0.717, 1.165) is 12.2 Å². The highest BCUT2D eigenvalue weighted by atomic mass is 16.5. The molecule has 0 aromatic carbocycles. The van der Waals surface area contributed by atoms with Gasteiger partial charge in [-0.15, -0.1) is 0 Å². The van der Waals surface area contributed by atoms with Gasteiger partial charge in [-0.3, -0.25) is 4.79 Å². The van der Waals surface area contributed by atoms with Crippen LogP contribution in [0, 0.1) is 18.3 Å². The predicted octanol–water partition coefficient (Wildman–Crippen LogP) is 1.30. The molecule has 2 fully saturated rings. The van der Waals surface area contributed by atoms with Gasteiger partial charge in [-0.05, 0) is 20.3 Å². The lowest BCUT2D eigenvalue weighted by atomic mass is 9.48. The minimum absolute atomic E-state index is 0.0764. The second-order valence-corrected chi connectivity index (χ2v) is 6.78. The van der Waals surface area contributed by atoms with Gasteiger partial charge in [0.05, 0.1) is 12.3 Å². The van der Waals surface area contributed by atoms with Crippen LogP contribution in [0.15, 0.2) is 10.6 Å². The van der Waals surface area contributed by atoms with Gasteiger partial charge in [0.15, 0.2) is 0 Å². The van der Waals surface area contributed by atoms with E-state index in [9.17, 15) is 4.79 Å². The highest BCUT2D eigenvalue weighted by molar-refractivity contribution is 5.89. The summed E-state index contributed by atoms with van der Waals surface area (Å²) in [5.41, 5.74) is 5.23. The van der Waals surface area contributed by atoms with Crippen molar-refractivity contribution in [3.63, 3.8) is 0 Å². The Morgan fingerprint density at radius 2 is 2.29 bits per heavy atom. The largest absolute Gasteiger partial charge is 0.444 e. The van der Waals surface area contributed by atoms with Crippen molar-refractivity contribution in [2.75, 3.05) is 6.61 Å². The number of amides is 1. The van der Waals surface area contributed by atoms with Gasteiger partial charge in [-0.25, -0.2) is 4.98 Å². The van der Waals surface area contributed by atoms with E-state index in [-0.39, 0.29) is 29.4 Å². The molecule has 3 N–H and O–H groups in total. The highest BCUT2D eigenvalue weighted by Crippen LogP contribution is 2.58. The van der Waals surface area contributed by atoms with Crippen LogP contribution in [-0.4, -0.2) is 29.1 Å². The summed E-state index contributed by atoms with van der Waals surface area (Å²) < 4.78 is 11.2. The second-order valence-electron chi connectivity index (χ2n) is 6.78. The first-order chi connectivity index (χ1) is 9.78. The molecule has 0 bridgehead atoms. The highest BCUT2D eigenvalue weighted by Gasteiger charge is 2.71. The topological polar surface area (TPSA) is 90.4 Å². The summed E-state index contributed by atoms with van der Waals surface area (Å²) in [6, 6.07) is -0.302. The number of aromatic nitrogens is 1. The van der Waals surface area contributed by atoms with Crippen LogP contribution in [-0.2, 0) is 9.53 Å². The maximum atomic E-state index is 12.7. The number of ether oxygens (including phenoxy) is 1. The van der Waals surface area contributed by atoms with Crippen LogP contribution in [0.5, 0.6) is 0 Å². The Bertz CT molecular complexity index is 568. The minimum Gasteiger partial charge on any atom is -0.444 e. The molecule has 6 heteroatoms. The number of carbonyl (C=O) groups is 1. The predicted molar refractivity (Wildman–Crippen MR) is 76.3 cm³/mol. The number of aryl methyl sites for hydroxylation is 1. The van der Waals surface area contributed by atoms with E-state index in [1.165, 1.54) is 0 Å². The molecule has 2 heterocycles. The van der Waals surface area contributed by atoms with E-state index < -0.39 is 5.54 Å². The quantitative estimate of drug-likeness (QED) is 0.876. The van der Waals surface area contributed by atoms with Gasteiger partial charge in [0, 0.05) is 17.9 Å². The number of carbonyl (C=O) groups excluding carboxylic acids is 1. The van der Waals surface area contributed by atoms with Crippen LogP contribution >= 0.6 is 0 Å².